The van der Waals surface area contributed by atoms with E-state index in [0.717, 1.165) is 38.8 Å². The van der Waals surface area contributed by atoms with Crippen molar-refractivity contribution in [3.63, 3.8) is 0 Å². The van der Waals surface area contributed by atoms with E-state index in [2.05, 4.69) is 22.0 Å². The Morgan fingerprint density at radius 1 is 1.25 bits per heavy atom. The van der Waals surface area contributed by atoms with Gasteiger partial charge >= 0.3 is 0 Å². The molecule has 3 heterocycles. The summed E-state index contributed by atoms with van der Waals surface area (Å²) in [7, 11) is 0. The zero-order valence-corrected chi connectivity index (χ0v) is 11.8. The lowest BCUT2D eigenvalue weighted by molar-refractivity contribution is 0.0137. The molecule has 0 aromatic carbocycles. The first-order chi connectivity index (χ1) is 9.90. The van der Waals surface area contributed by atoms with Gasteiger partial charge in [-0.1, -0.05) is 0 Å². The van der Waals surface area contributed by atoms with Crippen LogP contribution >= 0.6 is 0 Å². The summed E-state index contributed by atoms with van der Waals surface area (Å²) in [6.45, 7) is 4.72. The normalized spacial score (nSPS) is 33.5. The Morgan fingerprint density at radius 3 is 2.90 bits per heavy atom. The summed E-state index contributed by atoms with van der Waals surface area (Å²) in [5.74, 6) is 1.40. The molecule has 1 saturated carbocycles. The number of pyridine rings is 1. The molecule has 4 rings (SSSR count). The van der Waals surface area contributed by atoms with Crippen LogP contribution in [0, 0.1) is 11.8 Å². The molecule has 2 saturated heterocycles. The fraction of sp³-hybridized carbons (Fsp3) is 0.688. The van der Waals surface area contributed by atoms with Gasteiger partial charge in [-0.3, -0.25) is 9.88 Å². The summed E-state index contributed by atoms with van der Waals surface area (Å²) >= 11 is 0. The topological polar surface area (TPSA) is 34.6 Å². The maximum absolute atomic E-state index is 6.17. The molecule has 4 nitrogen and oxygen atoms in total. The highest BCUT2D eigenvalue weighted by molar-refractivity contribution is 5.11. The van der Waals surface area contributed by atoms with Crippen molar-refractivity contribution in [1.82, 2.24) is 9.88 Å². The van der Waals surface area contributed by atoms with Crippen LogP contribution in [0.4, 0.5) is 0 Å². The van der Waals surface area contributed by atoms with Gasteiger partial charge in [0.15, 0.2) is 0 Å². The van der Waals surface area contributed by atoms with E-state index >= 15 is 0 Å². The van der Waals surface area contributed by atoms with Crippen molar-refractivity contribution in [2.75, 3.05) is 26.4 Å². The second-order valence-corrected chi connectivity index (χ2v) is 6.37. The molecule has 1 aromatic rings. The first kappa shape index (κ1) is 12.7. The summed E-state index contributed by atoms with van der Waals surface area (Å²) in [6, 6.07) is 4.74. The van der Waals surface area contributed by atoms with Gasteiger partial charge in [0.2, 0.25) is 0 Å². The highest BCUT2D eigenvalue weighted by Crippen LogP contribution is 2.35. The van der Waals surface area contributed by atoms with Crippen molar-refractivity contribution < 1.29 is 9.47 Å². The molecular weight excluding hydrogens is 252 g/mol. The van der Waals surface area contributed by atoms with E-state index in [1.165, 1.54) is 18.4 Å². The Kier molecular flexibility index (Phi) is 3.46. The zero-order chi connectivity index (χ0) is 13.4. The van der Waals surface area contributed by atoms with Gasteiger partial charge in [-0.05, 0) is 36.5 Å². The van der Waals surface area contributed by atoms with Gasteiger partial charge in [0.05, 0.1) is 19.3 Å². The summed E-state index contributed by atoms with van der Waals surface area (Å²) in [6.07, 6.45) is 6.82. The largest absolute Gasteiger partial charge is 0.379 e. The molecule has 0 spiro atoms. The maximum Gasteiger partial charge on any atom is 0.0768 e. The van der Waals surface area contributed by atoms with Gasteiger partial charge in [0, 0.05) is 44.0 Å². The van der Waals surface area contributed by atoms with Crippen molar-refractivity contribution in [3.8, 4) is 0 Å². The molecule has 20 heavy (non-hydrogen) atoms. The van der Waals surface area contributed by atoms with Gasteiger partial charge in [0.25, 0.3) is 0 Å². The minimum Gasteiger partial charge on any atom is -0.379 e. The van der Waals surface area contributed by atoms with E-state index in [1.807, 2.05) is 12.4 Å². The molecule has 0 radical (unpaired) electrons. The third kappa shape index (κ3) is 2.60. The molecule has 1 aromatic heterocycles. The van der Waals surface area contributed by atoms with E-state index < -0.39 is 0 Å². The van der Waals surface area contributed by atoms with Crippen molar-refractivity contribution in [2.24, 2.45) is 11.8 Å². The van der Waals surface area contributed by atoms with Gasteiger partial charge in [-0.25, -0.2) is 0 Å². The summed E-state index contributed by atoms with van der Waals surface area (Å²) in [5, 5.41) is 0. The Morgan fingerprint density at radius 2 is 2.10 bits per heavy atom. The number of rotatable bonds is 5. The second kappa shape index (κ2) is 5.43. The monoisotopic (exact) mass is 274 g/mol. The predicted molar refractivity (Wildman–Crippen MR) is 75.2 cm³/mol. The highest BCUT2D eigenvalue weighted by Gasteiger charge is 2.46. The van der Waals surface area contributed by atoms with E-state index in [-0.39, 0.29) is 0 Å². The van der Waals surface area contributed by atoms with Crippen LogP contribution in [0.5, 0.6) is 0 Å². The number of fused-ring (bicyclic) bond motifs is 1. The highest BCUT2D eigenvalue weighted by atomic mass is 16.5. The lowest BCUT2D eigenvalue weighted by atomic mass is 10.0. The van der Waals surface area contributed by atoms with Crippen LogP contribution < -0.4 is 0 Å². The number of nitrogens with zero attached hydrogens (tertiary/aromatic N) is 2. The Balaban J connectivity index is 1.41. The van der Waals surface area contributed by atoms with Crippen LogP contribution in [0.3, 0.4) is 0 Å². The van der Waals surface area contributed by atoms with E-state index in [0.29, 0.717) is 18.1 Å². The van der Waals surface area contributed by atoms with Gasteiger partial charge in [-0.2, -0.15) is 0 Å². The van der Waals surface area contributed by atoms with Crippen LogP contribution in [-0.2, 0) is 16.0 Å². The SMILES string of the molecule is c1cc(CN2C[C@@H](OCC3CC3)[C@@H]3COC[C@@H]32)ccn1. The smallest absolute Gasteiger partial charge is 0.0768 e. The van der Waals surface area contributed by atoms with Crippen molar-refractivity contribution in [1.29, 1.82) is 0 Å². The fourth-order valence-electron chi connectivity index (χ4n) is 3.42. The third-order valence-corrected chi connectivity index (χ3v) is 4.83. The number of aromatic nitrogens is 1. The molecule has 3 fully saturated rings. The van der Waals surface area contributed by atoms with Gasteiger partial charge in [0.1, 0.15) is 0 Å². The molecule has 2 aliphatic heterocycles. The predicted octanol–water partition coefficient (Wildman–Crippen LogP) is 1.71. The van der Waals surface area contributed by atoms with Gasteiger partial charge < -0.3 is 9.47 Å². The van der Waals surface area contributed by atoms with Crippen molar-refractivity contribution in [3.05, 3.63) is 30.1 Å². The summed E-state index contributed by atoms with van der Waals surface area (Å²) in [5.41, 5.74) is 1.33. The van der Waals surface area contributed by atoms with E-state index in [4.69, 9.17) is 9.47 Å². The fourth-order valence-corrected chi connectivity index (χ4v) is 3.42. The molecular formula is C16H22N2O2. The van der Waals surface area contributed by atoms with Crippen LogP contribution in [0.25, 0.3) is 0 Å². The quantitative estimate of drug-likeness (QED) is 0.818. The molecule has 4 heteroatoms. The molecule has 0 N–H and O–H groups in total. The first-order valence-corrected chi connectivity index (χ1v) is 7.72. The van der Waals surface area contributed by atoms with E-state index in [9.17, 15) is 0 Å². The maximum atomic E-state index is 6.17. The third-order valence-electron chi connectivity index (χ3n) is 4.83. The van der Waals surface area contributed by atoms with Crippen LogP contribution in [0.15, 0.2) is 24.5 Å². The molecule has 1 aliphatic carbocycles. The van der Waals surface area contributed by atoms with Crippen LogP contribution in [-0.4, -0.2) is 48.4 Å². The Labute approximate surface area is 120 Å². The molecule has 0 amide bonds. The molecule has 3 atom stereocenters. The lowest BCUT2D eigenvalue weighted by Gasteiger charge is -2.21. The summed E-state index contributed by atoms with van der Waals surface area (Å²) < 4.78 is 11.9. The number of likely N-dealkylation sites (tertiary alicyclic amines) is 1. The first-order valence-electron chi connectivity index (χ1n) is 7.72. The minimum atomic E-state index is 0.366. The van der Waals surface area contributed by atoms with Crippen molar-refractivity contribution >= 4 is 0 Å². The lowest BCUT2D eigenvalue weighted by Crippen LogP contribution is -2.32. The van der Waals surface area contributed by atoms with E-state index in [1.54, 1.807) is 0 Å². The molecule has 0 unspecified atom stereocenters. The second-order valence-electron chi connectivity index (χ2n) is 6.37. The minimum absolute atomic E-state index is 0.366. The molecule has 3 aliphatic rings. The number of hydrogen-bond acceptors (Lipinski definition) is 4. The van der Waals surface area contributed by atoms with Crippen molar-refractivity contribution in [2.45, 2.75) is 31.5 Å². The summed E-state index contributed by atoms with van der Waals surface area (Å²) in [4.78, 5) is 6.62. The average Bonchev–Trinajstić information content (AvgIpc) is 3.07. The van der Waals surface area contributed by atoms with Gasteiger partial charge in [-0.15, -0.1) is 0 Å². The molecule has 108 valence electrons. The Hall–Kier alpha value is -0.970. The number of hydrogen-bond donors (Lipinski definition) is 0. The molecule has 0 bridgehead atoms. The number of ether oxygens (including phenoxy) is 2. The van der Waals surface area contributed by atoms with Crippen LogP contribution in [0.2, 0.25) is 0 Å². The van der Waals surface area contributed by atoms with Crippen LogP contribution in [0.1, 0.15) is 18.4 Å². The Bertz CT molecular complexity index is 449. The zero-order valence-electron chi connectivity index (χ0n) is 11.8. The standard InChI is InChI=1S/C16H22N2O2/c1-2-13(1)9-20-16-8-18(15-11-19-10-14(15)16)7-12-3-5-17-6-4-12/h3-6,13-16H,1-2,7-11H2/t14-,15+,16-/m1/s1. The average molecular weight is 274 g/mol.